The third-order valence-electron chi connectivity index (χ3n) is 4.33. The minimum atomic E-state index is -2.44. The maximum Gasteiger partial charge on any atom is 0.344 e. The standard InChI is InChI=1S/C20H12F10O4/c21-9-7(10(22)14(26)17(29)13(9)25)19(31)33-5-3-1-2-4-6-34-20(32)8-11(23)15(27)18(30)16(28)12(8)24/h1-6H2. The molecule has 0 bridgehead atoms. The Morgan fingerprint density at radius 2 is 0.647 bits per heavy atom. The lowest BCUT2D eigenvalue weighted by Crippen LogP contribution is -2.16. The van der Waals surface area contributed by atoms with E-state index in [4.69, 9.17) is 0 Å². The second-order valence-electron chi connectivity index (χ2n) is 6.58. The Morgan fingerprint density at radius 3 is 0.912 bits per heavy atom. The third kappa shape index (κ3) is 5.42. The van der Waals surface area contributed by atoms with Crippen LogP contribution in [0.25, 0.3) is 0 Å². The molecule has 2 aromatic carbocycles. The monoisotopic (exact) mass is 506 g/mol. The SMILES string of the molecule is O=C(OCCCCCCOC(=O)c1c(F)c(F)c(F)c(F)c1F)c1c(F)c(F)c(F)c(F)c1F. The predicted molar refractivity (Wildman–Crippen MR) is 91.5 cm³/mol. The lowest BCUT2D eigenvalue weighted by Gasteiger charge is -2.09. The van der Waals surface area contributed by atoms with Crippen molar-refractivity contribution >= 4 is 11.9 Å². The molecule has 0 spiro atoms. The van der Waals surface area contributed by atoms with E-state index in [9.17, 15) is 53.5 Å². The first-order valence-electron chi connectivity index (χ1n) is 9.28. The number of ether oxygens (including phenoxy) is 2. The minimum absolute atomic E-state index is 0.0344. The number of hydrogen-bond acceptors (Lipinski definition) is 4. The molecule has 186 valence electrons. The number of carbonyl (C=O) groups excluding carboxylic acids is 2. The summed E-state index contributed by atoms with van der Waals surface area (Å²) in [4.78, 5) is 23.2. The largest absolute Gasteiger partial charge is 0.462 e. The number of halogens is 10. The molecule has 0 aromatic heterocycles. The number of carbonyl (C=O) groups is 2. The Labute approximate surface area is 184 Å². The molecule has 0 unspecified atom stereocenters. The van der Waals surface area contributed by atoms with Crippen molar-refractivity contribution in [3.63, 3.8) is 0 Å². The summed E-state index contributed by atoms with van der Waals surface area (Å²) < 4.78 is 141. The van der Waals surface area contributed by atoms with E-state index in [0.29, 0.717) is 0 Å². The smallest absolute Gasteiger partial charge is 0.344 e. The summed E-state index contributed by atoms with van der Waals surface area (Å²) in [7, 11) is 0. The minimum Gasteiger partial charge on any atom is -0.462 e. The maximum absolute atomic E-state index is 13.5. The topological polar surface area (TPSA) is 52.6 Å². The third-order valence-corrected chi connectivity index (χ3v) is 4.33. The van der Waals surface area contributed by atoms with Gasteiger partial charge in [-0.25, -0.2) is 53.5 Å². The van der Waals surface area contributed by atoms with E-state index in [1.54, 1.807) is 0 Å². The molecule has 0 N–H and O–H groups in total. The Bertz CT molecular complexity index is 974. The fraction of sp³-hybridized carbons (Fsp3) is 0.300. The molecule has 34 heavy (non-hydrogen) atoms. The van der Waals surface area contributed by atoms with Crippen molar-refractivity contribution in [2.45, 2.75) is 25.7 Å². The fourth-order valence-corrected chi connectivity index (χ4v) is 2.60. The number of benzene rings is 2. The Morgan fingerprint density at radius 1 is 0.412 bits per heavy atom. The van der Waals surface area contributed by atoms with Crippen LogP contribution >= 0.6 is 0 Å². The van der Waals surface area contributed by atoms with Crippen LogP contribution in [0.3, 0.4) is 0 Å². The van der Waals surface area contributed by atoms with E-state index in [1.165, 1.54) is 0 Å². The number of rotatable bonds is 9. The van der Waals surface area contributed by atoms with Crippen LogP contribution in [-0.2, 0) is 9.47 Å². The highest BCUT2D eigenvalue weighted by atomic mass is 19.2. The molecule has 2 aromatic rings. The highest BCUT2D eigenvalue weighted by Crippen LogP contribution is 2.25. The van der Waals surface area contributed by atoms with Gasteiger partial charge in [-0.05, 0) is 25.7 Å². The molecule has 0 radical (unpaired) electrons. The van der Waals surface area contributed by atoms with Gasteiger partial charge in [0.25, 0.3) is 0 Å². The summed E-state index contributed by atoms with van der Waals surface area (Å²) in [5.74, 6) is -27.1. The molecule has 0 fully saturated rings. The molecule has 0 aliphatic carbocycles. The van der Waals surface area contributed by atoms with Gasteiger partial charge >= 0.3 is 11.9 Å². The second kappa shape index (κ2) is 11.2. The molecule has 0 aliphatic heterocycles. The van der Waals surface area contributed by atoms with Crippen LogP contribution in [0.15, 0.2) is 0 Å². The molecular weight excluding hydrogens is 494 g/mol. The molecule has 0 saturated carbocycles. The summed E-state index contributed by atoms with van der Waals surface area (Å²) in [5.41, 5.74) is -3.51. The maximum atomic E-state index is 13.5. The van der Waals surface area contributed by atoms with E-state index >= 15 is 0 Å². The quantitative estimate of drug-likeness (QED) is 0.145. The van der Waals surface area contributed by atoms with Gasteiger partial charge in [0.15, 0.2) is 46.5 Å². The van der Waals surface area contributed by atoms with E-state index in [2.05, 4.69) is 9.47 Å². The van der Waals surface area contributed by atoms with Gasteiger partial charge in [-0.15, -0.1) is 0 Å². The van der Waals surface area contributed by atoms with Gasteiger partial charge in [0.05, 0.1) is 13.2 Å². The average Bonchev–Trinajstić information content (AvgIpc) is 2.80. The normalized spacial score (nSPS) is 11.0. The van der Waals surface area contributed by atoms with E-state index < -0.39 is 94.5 Å². The Hall–Kier alpha value is -3.32. The van der Waals surface area contributed by atoms with Gasteiger partial charge in [-0.2, -0.15) is 0 Å². The van der Waals surface area contributed by atoms with Gasteiger partial charge in [0.1, 0.15) is 11.1 Å². The molecule has 0 amide bonds. The van der Waals surface area contributed by atoms with E-state index in [0.717, 1.165) is 0 Å². The average molecular weight is 506 g/mol. The van der Waals surface area contributed by atoms with E-state index in [1.807, 2.05) is 0 Å². The van der Waals surface area contributed by atoms with Crippen molar-refractivity contribution in [2.75, 3.05) is 13.2 Å². The summed E-state index contributed by atoms with van der Waals surface area (Å²) in [6, 6.07) is 0. The first-order valence-corrected chi connectivity index (χ1v) is 9.28. The van der Waals surface area contributed by atoms with Crippen LogP contribution < -0.4 is 0 Å². The Balaban J connectivity index is 1.77. The zero-order valence-corrected chi connectivity index (χ0v) is 16.7. The van der Waals surface area contributed by atoms with Gasteiger partial charge in [-0.1, -0.05) is 0 Å². The second-order valence-corrected chi connectivity index (χ2v) is 6.58. The van der Waals surface area contributed by atoms with Crippen molar-refractivity contribution < 1.29 is 63.0 Å². The summed E-state index contributed by atoms with van der Waals surface area (Å²) in [6.07, 6.45) is 0.494. The molecule has 0 atom stereocenters. The zero-order valence-electron chi connectivity index (χ0n) is 16.7. The van der Waals surface area contributed by atoms with Gasteiger partial charge < -0.3 is 9.47 Å². The lowest BCUT2D eigenvalue weighted by atomic mass is 10.1. The molecule has 14 heteroatoms. The van der Waals surface area contributed by atoms with Crippen molar-refractivity contribution in [2.24, 2.45) is 0 Å². The van der Waals surface area contributed by atoms with Crippen molar-refractivity contribution in [3.05, 3.63) is 69.3 Å². The molecule has 0 saturated heterocycles. The van der Waals surface area contributed by atoms with Crippen LogP contribution in [-0.4, -0.2) is 25.2 Å². The predicted octanol–water partition coefficient (Wildman–Crippen LogP) is 5.65. The summed E-state index contributed by atoms with van der Waals surface area (Å²) >= 11 is 0. The van der Waals surface area contributed by atoms with Crippen molar-refractivity contribution in [1.82, 2.24) is 0 Å². The zero-order chi connectivity index (χ0) is 25.7. The van der Waals surface area contributed by atoms with Gasteiger partial charge in [0.2, 0.25) is 11.6 Å². The lowest BCUT2D eigenvalue weighted by molar-refractivity contribution is 0.0458. The van der Waals surface area contributed by atoms with Gasteiger partial charge in [0, 0.05) is 0 Å². The molecule has 4 nitrogen and oxygen atoms in total. The van der Waals surface area contributed by atoms with Crippen LogP contribution in [0.4, 0.5) is 43.9 Å². The molecule has 2 rings (SSSR count). The van der Waals surface area contributed by atoms with Crippen LogP contribution in [0.2, 0.25) is 0 Å². The number of esters is 2. The fourth-order valence-electron chi connectivity index (χ4n) is 2.60. The first kappa shape index (κ1) is 26.9. The highest BCUT2D eigenvalue weighted by molar-refractivity contribution is 5.90. The van der Waals surface area contributed by atoms with E-state index in [-0.39, 0.29) is 25.7 Å². The summed E-state index contributed by atoms with van der Waals surface area (Å²) in [6.45, 7) is -0.967. The van der Waals surface area contributed by atoms with Crippen molar-refractivity contribution in [3.8, 4) is 0 Å². The Kier molecular flexibility index (Phi) is 8.87. The summed E-state index contributed by atoms with van der Waals surface area (Å²) in [5, 5.41) is 0. The molecule has 0 aliphatic rings. The highest BCUT2D eigenvalue weighted by Gasteiger charge is 2.31. The van der Waals surface area contributed by atoms with Crippen LogP contribution in [0, 0.1) is 58.2 Å². The van der Waals surface area contributed by atoms with Gasteiger partial charge in [-0.3, -0.25) is 0 Å². The molecule has 0 heterocycles. The first-order chi connectivity index (χ1) is 15.9. The molecular formula is C20H12F10O4. The van der Waals surface area contributed by atoms with Crippen LogP contribution in [0.1, 0.15) is 46.4 Å². The number of unbranched alkanes of at least 4 members (excludes halogenated alkanes) is 3. The number of hydrogen-bond donors (Lipinski definition) is 0. The van der Waals surface area contributed by atoms with Crippen LogP contribution in [0.5, 0.6) is 0 Å². The van der Waals surface area contributed by atoms with Crippen molar-refractivity contribution in [1.29, 1.82) is 0 Å².